The SMILES string of the molecule is COC(=O)c1ccc(Cn2c(=O)n(CCN3CCOCC3)c3cc(Br)c(F)cc32)nc1. The van der Waals surface area contributed by atoms with Crippen molar-refractivity contribution in [3.05, 3.63) is 62.5 Å². The highest BCUT2D eigenvalue weighted by atomic mass is 79.9. The number of nitrogens with zero attached hydrogens (tertiary/aromatic N) is 4. The van der Waals surface area contributed by atoms with E-state index < -0.39 is 11.8 Å². The molecule has 0 saturated carbocycles. The number of hydrogen-bond donors (Lipinski definition) is 0. The minimum atomic E-state index is -0.483. The summed E-state index contributed by atoms with van der Waals surface area (Å²) in [5, 5.41) is 0. The number of esters is 1. The first kappa shape index (κ1) is 21.7. The number of carbonyl (C=O) groups is 1. The van der Waals surface area contributed by atoms with Crippen molar-refractivity contribution >= 4 is 32.9 Å². The van der Waals surface area contributed by atoms with Crippen molar-refractivity contribution in [1.29, 1.82) is 0 Å². The van der Waals surface area contributed by atoms with Gasteiger partial charge < -0.3 is 9.47 Å². The second-order valence-corrected chi connectivity index (χ2v) is 8.11. The monoisotopic (exact) mass is 492 g/mol. The molecule has 3 heterocycles. The van der Waals surface area contributed by atoms with E-state index in [0.29, 0.717) is 53.1 Å². The summed E-state index contributed by atoms with van der Waals surface area (Å²) in [5.41, 5.74) is 1.80. The first-order valence-corrected chi connectivity index (χ1v) is 10.7. The molecule has 0 amide bonds. The third kappa shape index (κ3) is 4.56. The van der Waals surface area contributed by atoms with Gasteiger partial charge in [0.1, 0.15) is 5.82 Å². The van der Waals surface area contributed by atoms with Crippen LogP contribution in [0.2, 0.25) is 0 Å². The van der Waals surface area contributed by atoms with E-state index in [1.165, 1.54) is 23.9 Å². The molecule has 0 radical (unpaired) electrons. The number of imidazole rings is 1. The molecule has 0 atom stereocenters. The van der Waals surface area contributed by atoms with Gasteiger partial charge in [0.15, 0.2) is 0 Å². The minimum Gasteiger partial charge on any atom is -0.465 e. The van der Waals surface area contributed by atoms with Crippen molar-refractivity contribution in [2.24, 2.45) is 0 Å². The number of methoxy groups -OCH3 is 1. The lowest BCUT2D eigenvalue weighted by Gasteiger charge is -2.26. The summed E-state index contributed by atoms with van der Waals surface area (Å²) < 4.78 is 27.8. The predicted octanol–water partition coefficient (Wildman–Crippen LogP) is 2.27. The van der Waals surface area contributed by atoms with Gasteiger partial charge >= 0.3 is 11.7 Å². The maximum absolute atomic E-state index is 14.3. The van der Waals surface area contributed by atoms with Crippen molar-refractivity contribution in [1.82, 2.24) is 19.0 Å². The lowest BCUT2D eigenvalue weighted by Crippen LogP contribution is -2.39. The maximum atomic E-state index is 14.3. The Morgan fingerprint density at radius 3 is 2.61 bits per heavy atom. The van der Waals surface area contributed by atoms with Crippen LogP contribution in [-0.4, -0.2) is 64.9 Å². The Hall–Kier alpha value is -2.56. The fourth-order valence-corrected chi connectivity index (χ4v) is 4.00. The Bertz CT molecular complexity index is 1150. The van der Waals surface area contributed by atoms with Crippen molar-refractivity contribution in [3.63, 3.8) is 0 Å². The van der Waals surface area contributed by atoms with Crippen LogP contribution in [0.3, 0.4) is 0 Å². The molecule has 0 bridgehead atoms. The number of ether oxygens (including phenoxy) is 2. The number of morpholine rings is 1. The average molecular weight is 493 g/mol. The Balaban J connectivity index is 1.67. The zero-order valence-electron chi connectivity index (χ0n) is 17.0. The molecule has 1 saturated heterocycles. The summed E-state index contributed by atoms with van der Waals surface area (Å²) in [7, 11) is 1.30. The quantitative estimate of drug-likeness (QED) is 0.491. The van der Waals surface area contributed by atoms with Gasteiger partial charge in [0.05, 0.1) is 53.6 Å². The van der Waals surface area contributed by atoms with Gasteiger partial charge in [0.25, 0.3) is 0 Å². The molecule has 0 spiro atoms. The molecule has 1 aliphatic heterocycles. The standard InChI is InChI=1S/C21H22BrFN4O4/c1-30-20(28)14-2-3-15(24-12-14)13-27-19-11-17(23)16(22)10-18(19)26(21(27)29)5-4-25-6-8-31-9-7-25/h2-3,10-12H,4-9,13H2,1H3. The number of hydrogen-bond acceptors (Lipinski definition) is 6. The van der Waals surface area contributed by atoms with Crippen LogP contribution in [0, 0.1) is 5.82 Å². The molecule has 1 fully saturated rings. The molecule has 1 aliphatic rings. The summed E-state index contributed by atoms with van der Waals surface area (Å²) in [6.07, 6.45) is 1.40. The number of halogens is 2. The van der Waals surface area contributed by atoms with E-state index in [1.807, 2.05) is 0 Å². The van der Waals surface area contributed by atoms with Crippen LogP contribution in [0.4, 0.5) is 4.39 Å². The summed E-state index contributed by atoms with van der Waals surface area (Å²) >= 11 is 3.22. The molecule has 0 N–H and O–H groups in total. The largest absolute Gasteiger partial charge is 0.465 e. The fraction of sp³-hybridized carbons (Fsp3) is 0.381. The molecule has 10 heteroatoms. The molecule has 31 heavy (non-hydrogen) atoms. The van der Waals surface area contributed by atoms with Crippen LogP contribution in [0.15, 0.2) is 39.7 Å². The van der Waals surface area contributed by atoms with Gasteiger partial charge in [-0.25, -0.2) is 14.0 Å². The maximum Gasteiger partial charge on any atom is 0.339 e. The lowest BCUT2D eigenvalue weighted by atomic mass is 10.2. The van der Waals surface area contributed by atoms with Gasteiger partial charge in [-0.05, 0) is 34.1 Å². The summed E-state index contributed by atoms with van der Waals surface area (Å²) in [6.45, 7) is 4.34. The smallest absolute Gasteiger partial charge is 0.339 e. The highest BCUT2D eigenvalue weighted by molar-refractivity contribution is 9.10. The van der Waals surface area contributed by atoms with E-state index >= 15 is 0 Å². The van der Waals surface area contributed by atoms with Crippen LogP contribution in [0.5, 0.6) is 0 Å². The zero-order chi connectivity index (χ0) is 22.0. The Labute approximate surface area is 186 Å². The van der Waals surface area contributed by atoms with Gasteiger partial charge in [-0.3, -0.25) is 19.0 Å². The first-order valence-electron chi connectivity index (χ1n) is 9.89. The zero-order valence-corrected chi connectivity index (χ0v) is 18.6. The Morgan fingerprint density at radius 2 is 1.94 bits per heavy atom. The Morgan fingerprint density at radius 1 is 1.19 bits per heavy atom. The van der Waals surface area contributed by atoms with Crippen LogP contribution >= 0.6 is 15.9 Å². The van der Waals surface area contributed by atoms with Crippen LogP contribution in [0.25, 0.3) is 11.0 Å². The number of fused-ring (bicyclic) bond motifs is 1. The van der Waals surface area contributed by atoms with Crippen molar-refractivity contribution < 1.29 is 18.7 Å². The van der Waals surface area contributed by atoms with Gasteiger partial charge in [-0.1, -0.05) is 0 Å². The average Bonchev–Trinajstić information content (AvgIpc) is 3.03. The Kier molecular flexibility index (Phi) is 6.49. The lowest BCUT2D eigenvalue weighted by molar-refractivity contribution is 0.0364. The topological polar surface area (TPSA) is 78.6 Å². The highest BCUT2D eigenvalue weighted by Crippen LogP contribution is 2.23. The number of aromatic nitrogens is 3. The van der Waals surface area contributed by atoms with Crippen LogP contribution < -0.4 is 5.69 Å². The van der Waals surface area contributed by atoms with Crippen molar-refractivity contribution in [3.8, 4) is 0 Å². The van der Waals surface area contributed by atoms with E-state index in [9.17, 15) is 14.0 Å². The van der Waals surface area contributed by atoms with Crippen LogP contribution in [0.1, 0.15) is 16.1 Å². The third-order valence-electron chi connectivity index (χ3n) is 5.37. The fourth-order valence-electron chi connectivity index (χ4n) is 3.66. The first-order chi connectivity index (χ1) is 15.0. The number of benzene rings is 1. The second-order valence-electron chi connectivity index (χ2n) is 7.26. The molecular formula is C21H22BrFN4O4. The number of pyridine rings is 1. The number of rotatable bonds is 6. The summed E-state index contributed by atoms with van der Waals surface area (Å²) in [5.74, 6) is -0.927. The number of carbonyl (C=O) groups excluding carboxylic acids is 1. The molecule has 164 valence electrons. The van der Waals surface area contributed by atoms with Crippen molar-refractivity contribution in [2.45, 2.75) is 13.1 Å². The van der Waals surface area contributed by atoms with Gasteiger partial charge in [0, 0.05) is 38.4 Å². The highest BCUT2D eigenvalue weighted by Gasteiger charge is 2.18. The van der Waals surface area contributed by atoms with Crippen LogP contribution in [-0.2, 0) is 22.6 Å². The summed E-state index contributed by atoms with van der Waals surface area (Å²) in [6, 6.07) is 6.24. The van der Waals surface area contributed by atoms with E-state index in [2.05, 4.69) is 30.6 Å². The molecule has 1 aromatic carbocycles. The van der Waals surface area contributed by atoms with E-state index in [1.54, 1.807) is 22.8 Å². The molecular weight excluding hydrogens is 471 g/mol. The molecule has 8 nitrogen and oxygen atoms in total. The molecule has 2 aromatic heterocycles. The minimum absolute atomic E-state index is 0.155. The molecule has 4 rings (SSSR count). The second kappa shape index (κ2) is 9.29. The van der Waals surface area contributed by atoms with E-state index in [4.69, 9.17) is 4.74 Å². The summed E-state index contributed by atoms with van der Waals surface area (Å²) in [4.78, 5) is 31.4. The van der Waals surface area contributed by atoms with Gasteiger partial charge in [-0.2, -0.15) is 0 Å². The van der Waals surface area contributed by atoms with E-state index in [0.717, 1.165) is 13.1 Å². The van der Waals surface area contributed by atoms with Gasteiger partial charge in [-0.15, -0.1) is 0 Å². The molecule has 0 unspecified atom stereocenters. The van der Waals surface area contributed by atoms with E-state index in [-0.39, 0.29) is 12.2 Å². The third-order valence-corrected chi connectivity index (χ3v) is 5.98. The molecule has 3 aromatic rings. The molecule has 0 aliphatic carbocycles. The van der Waals surface area contributed by atoms with Gasteiger partial charge in [0.2, 0.25) is 0 Å². The normalized spacial score (nSPS) is 14.8. The predicted molar refractivity (Wildman–Crippen MR) is 116 cm³/mol. The van der Waals surface area contributed by atoms with Crippen molar-refractivity contribution in [2.75, 3.05) is 40.0 Å².